The van der Waals surface area contributed by atoms with E-state index in [1.165, 1.54) is 4.90 Å². The van der Waals surface area contributed by atoms with Gasteiger partial charge in [0.25, 0.3) is 11.8 Å². The molecule has 4 aliphatic rings. The van der Waals surface area contributed by atoms with Gasteiger partial charge in [-0.15, -0.1) is 0 Å². The van der Waals surface area contributed by atoms with Crippen LogP contribution in [-0.4, -0.2) is 64.0 Å². The van der Waals surface area contributed by atoms with Crippen molar-refractivity contribution in [3.63, 3.8) is 0 Å². The van der Waals surface area contributed by atoms with Crippen LogP contribution in [0.5, 0.6) is 0 Å². The van der Waals surface area contributed by atoms with Gasteiger partial charge in [0.05, 0.1) is 17.1 Å². The first-order chi connectivity index (χ1) is 18.2. The highest BCUT2D eigenvalue weighted by Gasteiger charge is 2.44. The topological polar surface area (TPSA) is 90.0 Å². The van der Waals surface area contributed by atoms with E-state index in [1.54, 1.807) is 29.2 Å². The molecule has 38 heavy (non-hydrogen) atoms. The zero-order valence-electron chi connectivity index (χ0n) is 21.0. The fraction of sp³-hybridized carbons (Fsp3) is 0.429. The number of hydrogen-bond acceptors (Lipinski definition) is 5. The van der Waals surface area contributed by atoms with E-state index in [1.807, 2.05) is 13.0 Å². The molecule has 0 aliphatic carbocycles. The van der Waals surface area contributed by atoms with Gasteiger partial charge in [0.15, 0.2) is 0 Å². The smallest absolute Gasteiger partial charge is 0.255 e. The summed E-state index contributed by atoms with van der Waals surface area (Å²) in [6.45, 7) is 4.44. The molecule has 8 nitrogen and oxygen atoms in total. The van der Waals surface area contributed by atoms with Gasteiger partial charge in [-0.2, -0.15) is 0 Å². The number of rotatable bonds is 4. The van der Waals surface area contributed by atoms with Gasteiger partial charge in [-0.05, 0) is 74.7 Å². The lowest BCUT2D eigenvalue weighted by Crippen LogP contribution is -2.53. The number of nitrogens with one attached hydrogen (secondary N) is 1. The summed E-state index contributed by atoms with van der Waals surface area (Å²) in [5.41, 5.74) is 2.73. The molecule has 4 heterocycles. The van der Waals surface area contributed by atoms with E-state index in [0.717, 1.165) is 31.5 Å². The predicted octanol–water partition coefficient (Wildman–Crippen LogP) is 3.59. The Morgan fingerprint density at radius 3 is 2.61 bits per heavy atom. The van der Waals surface area contributed by atoms with Crippen molar-refractivity contribution in [3.8, 4) is 0 Å². The molecular weight excluding hydrogens is 511 g/mol. The van der Waals surface area contributed by atoms with E-state index in [4.69, 9.17) is 11.6 Å². The second-order valence-corrected chi connectivity index (χ2v) is 11.0. The maximum absolute atomic E-state index is 15.0. The second-order valence-electron chi connectivity index (χ2n) is 10.5. The number of piperidine rings is 1. The Balaban J connectivity index is 1.30. The number of likely N-dealkylation sites (tertiary alicyclic amines) is 1. The third-order valence-electron chi connectivity index (χ3n) is 8.36. The molecule has 2 aromatic carbocycles. The van der Waals surface area contributed by atoms with E-state index < -0.39 is 23.8 Å². The van der Waals surface area contributed by atoms with Gasteiger partial charge >= 0.3 is 0 Å². The zero-order valence-corrected chi connectivity index (χ0v) is 21.8. The molecule has 4 aliphatic heterocycles. The molecule has 0 saturated carbocycles. The highest BCUT2D eigenvalue weighted by Crippen LogP contribution is 2.41. The molecule has 4 amide bonds. The molecule has 2 fully saturated rings. The average molecular weight is 539 g/mol. The van der Waals surface area contributed by atoms with Gasteiger partial charge in [-0.1, -0.05) is 17.7 Å². The van der Waals surface area contributed by atoms with Crippen LogP contribution < -0.4 is 5.32 Å². The molecule has 2 saturated heterocycles. The van der Waals surface area contributed by atoms with Gasteiger partial charge in [0, 0.05) is 36.2 Å². The molecule has 0 aromatic heterocycles. The van der Waals surface area contributed by atoms with Gasteiger partial charge < -0.3 is 14.7 Å². The molecule has 0 radical (unpaired) electrons. The summed E-state index contributed by atoms with van der Waals surface area (Å²) in [6, 6.07) is 6.83. The van der Waals surface area contributed by atoms with E-state index in [2.05, 4.69) is 10.2 Å². The lowest BCUT2D eigenvalue weighted by atomic mass is 10.00. The van der Waals surface area contributed by atoms with Crippen molar-refractivity contribution in [1.82, 2.24) is 20.0 Å². The maximum Gasteiger partial charge on any atom is 0.255 e. The fourth-order valence-corrected chi connectivity index (χ4v) is 6.55. The van der Waals surface area contributed by atoms with Crippen molar-refractivity contribution in [1.29, 1.82) is 0 Å². The monoisotopic (exact) mass is 538 g/mol. The average Bonchev–Trinajstić information content (AvgIpc) is 3.60. The summed E-state index contributed by atoms with van der Waals surface area (Å²) in [6.07, 6.45) is 2.63. The summed E-state index contributed by atoms with van der Waals surface area (Å²) in [5.74, 6) is -1.85. The Kier molecular flexibility index (Phi) is 6.23. The largest absolute Gasteiger partial charge is 0.326 e. The maximum atomic E-state index is 15.0. The van der Waals surface area contributed by atoms with Crippen molar-refractivity contribution < 1.29 is 23.6 Å². The van der Waals surface area contributed by atoms with Crippen LogP contribution in [0.2, 0.25) is 5.02 Å². The summed E-state index contributed by atoms with van der Waals surface area (Å²) in [7, 11) is 0. The van der Waals surface area contributed by atoms with Crippen molar-refractivity contribution in [2.24, 2.45) is 0 Å². The molecule has 0 unspecified atom stereocenters. The molecule has 198 valence electrons. The van der Waals surface area contributed by atoms with E-state index in [9.17, 15) is 23.6 Å². The molecular formula is C28H28ClFN4O4. The van der Waals surface area contributed by atoms with E-state index in [-0.39, 0.29) is 48.2 Å². The number of benzene rings is 2. The number of hydrogen-bond donors (Lipinski definition) is 1. The van der Waals surface area contributed by atoms with Crippen LogP contribution in [0.25, 0.3) is 0 Å². The standard InChI is InChI=1S/C28H28ClFN4O4/c1-15-19-12-16(4-5-18(19)28(38)34(15)22-8-9-24(35)31-26(22)36)27(37)33-13-20-17(6-7-21(29)25(20)30)23(33)14-32-10-2-3-11-32/h4-7,12,15,22-23H,2-3,8-11,13-14H2,1H3,(H,31,35,36)/t15-,22+,23+/m1/s1. The van der Waals surface area contributed by atoms with E-state index in [0.29, 0.717) is 28.8 Å². The number of nitrogens with zero attached hydrogens (tertiary/aromatic N) is 3. The van der Waals surface area contributed by atoms with Crippen molar-refractivity contribution in [2.45, 2.75) is 57.3 Å². The molecule has 0 bridgehead atoms. The van der Waals surface area contributed by atoms with Crippen LogP contribution in [0.3, 0.4) is 0 Å². The number of imide groups is 1. The van der Waals surface area contributed by atoms with Crippen LogP contribution in [0, 0.1) is 5.82 Å². The second kappa shape index (κ2) is 9.47. The van der Waals surface area contributed by atoms with Gasteiger partial charge in [0.2, 0.25) is 11.8 Å². The summed E-state index contributed by atoms with van der Waals surface area (Å²) in [4.78, 5) is 56.7. The highest BCUT2D eigenvalue weighted by molar-refractivity contribution is 6.30. The van der Waals surface area contributed by atoms with Crippen molar-refractivity contribution in [2.75, 3.05) is 19.6 Å². The Bertz CT molecular complexity index is 1370. The third-order valence-corrected chi connectivity index (χ3v) is 8.66. The Morgan fingerprint density at radius 1 is 1.11 bits per heavy atom. The highest BCUT2D eigenvalue weighted by atomic mass is 35.5. The minimum atomic E-state index is -0.743. The first-order valence-electron chi connectivity index (χ1n) is 13.0. The molecule has 0 spiro atoms. The Labute approximate surface area is 224 Å². The number of carbonyl (C=O) groups is 4. The van der Waals surface area contributed by atoms with E-state index >= 15 is 0 Å². The van der Waals surface area contributed by atoms with Gasteiger partial charge in [-0.3, -0.25) is 24.5 Å². The van der Waals surface area contributed by atoms with Crippen LogP contribution >= 0.6 is 11.6 Å². The molecule has 2 aromatic rings. The molecule has 6 rings (SSSR count). The summed E-state index contributed by atoms with van der Waals surface area (Å²) < 4.78 is 15.0. The molecule has 3 atom stereocenters. The van der Waals surface area contributed by atoms with Crippen molar-refractivity contribution >= 4 is 35.2 Å². The predicted molar refractivity (Wildman–Crippen MR) is 137 cm³/mol. The summed E-state index contributed by atoms with van der Waals surface area (Å²) in [5, 5.41) is 2.35. The van der Waals surface area contributed by atoms with Crippen LogP contribution in [-0.2, 0) is 16.1 Å². The van der Waals surface area contributed by atoms with Crippen LogP contribution in [0.15, 0.2) is 30.3 Å². The first-order valence-corrected chi connectivity index (χ1v) is 13.4. The Hall–Kier alpha value is -3.30. The zero-order chi connectivity index (χ0) is 26.7. The fourth-order valence-electron chi connectivity index (χ4n) is 6.37. The van der Waals surface area contributed by atoms with Gasteiger partial charge in [-0.25, -0.2) is 4.39 Å². The first kappa shape index (κ1) is 25.0. The van der Waals surface area contributed by atoms with Gasteiger partial charge in [0.1, 0.15) is 11.9 Å². The van der Waals surface area contributed by atoms with Crippen molar-refractivity contribution in [3.05, 3.63) is 69.0 Å². The quantitative estimate of drug-likeness (QED) is 0.601. The Morgan fingerprint density at radius 2 is 1.87 bits per heavy atom. The lowest BCUT2D eigenvalue weighted by Gasteiger charge is -2.33. The minimum absolute atomic E-state index is 0.0383. The normalized spacial score (nSPS) is 25.1. The lowest BCUT2D eigenvalue weighted by molar-refractivity contribution is -0.137. The molecule has 10 heteroatoms. The summed E-state index contributed by atoms with van der Waals surface area (Å²) >= 11 is 6.07. The SMILES string of the molecule is C[C@@H]1c2cc(C(=O)N3Cc4c(ccc(Cl)c4F)[C@@H]3CN3CCCC3)ccc2C(=O)N1[C@H]1CCC(=O)NC1=O. The van der Waals surface area contributed by atoms with Crippen LogP contribution in [0.4, 0.5) is 4.39 Å². The molecule has 1 N–H and O–H groups in total. The number of carbonyl (C=O) groups excluding carboxylic acids is 4. The number of fused-ring (bicyclic) bond motifs is 2. The number of halogens is 2. The third kappa shape index (κ3) is 3.99. The van der Waals surface area contributed by atoms with Crippen LogP contribution in [0.1, 0.15) is 82.1 Å². The number of amides is 4. The minimum Gasteiger partial charge on any atom is -0.326 e.